The Hall–Kier alpha value is -0.890. The molecule has 4 nitrogen and oxygen atoms in total. The maximum Gasteiger partial charge on any atom is 0.410 e. The SMILES string of the molecule is CSC1(C#N)CCN(C(=O)OC(C)C)CC1. The molecule has 90 valence electrons. The minimum atomic E-state index is -0.311. The second-order valence-corrected chi connectivity index (χ2v) is 5.42. The monoisotopic (exact) mass is 242 g/mol. The molecule has 0 aromatic carbocycles. The van der Waals surface area contributed by atoms with Crippen LogP contribution in [0.2, 0.25) is 0 Å². The molecule has 1 heterocycles. The Labute approximate surface area is 101 Å². The summed E-state index contributed by atoms with van der Waals surface area (Å²) in [5, 5.41) is 9.11. The summed E-state index contributed by atoms with van der Waals surface area (Å²) in [5.74, 6) is 0. The van der Waals surface area contributed by atoms with Crippen LogP contribution in [0.5, 0.6) is 0 Å². The average Bonchev–Trinajstić information content (AvgIpc) is 2.28. The minimum Gasteiger partial charge on any atom is -0.447 e. The number of hydrogen-bond acceptors (Lipinski definition) is 4. The van der Waals surface area contributed by atoms with Crippen LogP contribution < -0.4 is 0 Å². The molecule has 1 aliphatic rings. The number of carbonyl (C=O) groups excluding carboxylic acids is 1. The first-order valence-electron chi connectivity index (χ1n) is 5.45. The van der Waals surface area contributed by atoms with Gasteiger partial charge in [-0.2, -0.15) is 5.26 Å². The van der Waals surface area contributed by atoms with Crippen molar-refractivity contribution < 1.29 is 9.53 Å². The van der Waals surface area contributed by atoms with Gasteiger partial charge < -0.3 is 9.64 Å². The lowest BCUT2D eigenvalue weighted by atomic mass is 9.97. The van der Waals surface area contributed by atoms with Gasteiger partial charge >= 0.3 is 6.09 Å². The number of amides is 1. The molecule has 0 bridgehead atoms. The molecule has 0 radical (unpaired) electrons. The van der Waals surface area contributed by atoms with Crippen molar-refractivity contribution >= 4 is 17.9 Å². The molecule has 1 rings (SSSR count). The van der Waals surface area contributed by atoms with Crippen molar-refractivity contribution in [2.75, 3.05) is 19.3 Å². The van der Waals surface area contributed by atoms with E-state index < -0.39 is 0 Å². The van der Waals surface area contributed by atoms with Crippen LogP contribution in [-0.2, 0) is 4.74 Å². The minimum absolute atomic E-state index is 0.0873. The quantitative estimate of drug-likeness (QED) is 0.745. The highest BCUT2D eigenvalue weighted by atomic mass is 32.2. The van der Waals surface area contributed by atoms with Gasteiger partial charge in [-0.15, -0.1) is 11.8 Å². The van der Waals surface area contributed by atoms with Crippen molar-refractivity contribution in [2.45, 2.75) is 37.5 Å². The third-order valence-electron chi connectivity index (χ3n) is 2.76. The zero-order valence-electron chi connectivity index (χ0n) is 10.0. The van der Waals surface area contributed by atoms with Crippen LogP contribution >= 0.6 is 11.8 Å². The van der Waals surface area contributed by atoms with Crippen LogP contribution in [0, 0.1) is 11.3 Å². The molecule has 0 saturated carbocycles. The van der Waals surface area contributed by atoms with Gasteiger partial charge in [-0.05, 0) is 32.9 Å². The fraction of sp³-hybridized carbons (Fsp3) is 0.818. The molecule has 0 aliphatic carbocycles. The summed E-state index contributed by atoms with van der Waals surface area (Å²) in [4.78, 5) is 13.3. The summed E-state index contributed by atoms with van der Waals surface area (Å²) < 4.78 is 4.81. The summed E-state index contributed by atoms with van der Waals surface area (Å²) in [6.45, 7) is 4.90. The van der Waals surface area contributed by atoms with E-state index in [2.05, 4.69) is 6.07 Å². The van der Waals surface area contributed by atoms with Crippen molar-refractivity contribution in [3.8, 4) is 6.07 Å². The van der Waals surface area contributed by atoms with E-state index in [1.165, 1.54) is 0 Å². The Bertz CT molecular complexity index is 291. The zero-order valence-corrected chi connectivity index (χ0v) is 10.8. The number of thioether (sulfide) groups is 1. The Kier molecular flexibility index (Phi) is 4.48. The zero-order chi connectivity index (χ0) is 12.2. The summed E-state index contributed by atoms with van der Waals surface area (Å²) in [6, 6.07) is 2.35. The highest BCUT2D eigenvalue weighted by molar-refractivity contribution is 8.00. The molecule has 1 aliphatic heterocycles. The molecule has 0 unspecified atom stereocenters. The molecule has 5 heteroatoms. The van der Waals surface area contributed by atoms with E-state index in [9.17, 15) is 4.79 Å². The first kappa shape index (κ1) is 13.2. The highest BCUT2D eigenvalue weighted by Gasteiger charge is 2.35. The maximum absolute atomic E-state index is 11.6. The highest BCUT2D eigenvalue weighted by Crippen LogP contribution is 2.33. The number of likely N-dealkylation sites (tertiary alicyclic amines) is 1. The van der Waals surface area contributed by atoms with E-state index in [0.717, 1.165) is 12.8 Å². The molecule has 0 aromatic heterocycles. The van der Waals surface area contributed by atoms with Gasteiger partial charge in [0.15, 0.2) is 0 Å². The van der Waals surface area contributed by atoms with Gasteiger partial charge in [0.05, 0.1) is 12.2 Å². The molecule has 0 N–H and O–H groups in total. The van der Waals surface area contributed by atoms with Gasteiger partial charge in [0, 0.05) is 13.1 Å². The topological polar surface area (TPSA) is 53.3 Å². The van der Waals surface area contributed by atoms with E-state index in [1.807, 2.05) is 20.1 Å². The first-order valence-corrected chi connectivity index (χ1v) is 6.67. The molecule has 1 fully saturated rings. The van der Waals surface area contributed by atoms with Crippen LogP contribution in [0.4, 0.5) is 4.79 Å². The van der Waals surface area contributed by atoms with Crippen LogP contribution in [0.3, 0.4) is 0 Å². The van der Waals surface area contributed by atoms with Gasteiger partial charge in [-0.25, -0.2) is 4.79 Å². The fourth-order valence-corrected chi connectivity index (χ4v) is 2.37. The van der Waals surface area contributed by atoms with Crippen molar-refractivity contribution in [1.29, 1.82) is 5.26 Å². The number of nitrogens with zero attached hydrogens (tertiary/aromatic N) is 2. The molecule has 1 saturated heterocycles. The van der Waals surface area contributed by atoms with Gasteiger partial charge in [-0.1, -0.05) is 0 Å². The summed E-state index contributed by atoms with van der Waals surface area (Å²) in [6.07, 6.45) is 3.04. The van der Waals surface area contributed by atoms with E-state index >= 15 is 0 Å². The number of hydrogen-bond donors (Lipinski definition) is 0. The lowest BCUT2D eigenvalue weighted by Gasteiger charge is -2.35. The molecular formula is C11H18N2O2S. The first-order chi connectivity index (χ1) is 7.53. The summed E-state index contributed by atoms with van der Waals surface area (Å²) >= 11 is 1.58. The number of carbonyl (C=O) groups is 1. The number of piperidine rings is 1. The Morgan fingerprint density at radius 3 is 2.44 bits per heavy atom. The third kappa shape index (κ3) is 3.05. The molecule has 16 heavy (non-hydrogen) atoms. The fourth-order valence-electron chi connectivity index (χ4n) is 1.69. The summed E-state index contributed by atoms with van der Waals surface area (Å²) in [5.41, 5.74) is 0. The number of ether oxygens (including phenoxy) is 1. The molecule has 1 amide bonds. The van der Waals surface area contributed by atoms with E-state index in [-0.39, 0.29) is 16.9 Å². The molecule has 0 aromatic rings. The molecular weight excluding hydrogens is 224 g/mol. The Balaban J connectivity index is 2.49. The smallest absolute Gasteiger partial charge is 0.410 e. The largest absolute Gasteiger partial charge is 0.447 e. The maximum atomic E-state index is 11.6. The van der Waals surface area contributed by atoms with E-state index in [4.69, 9.17) is 10.00 Å². The molecule has 0 spiro atoms. The number of rotatable bonds is 2. The Morgan fingerprint density at radius 2 is 2.06 bits per heavy atom. The second kappa shape index (κ2) is 5.44. The normalized spacial score (nSPS) is 19.3. The van der Waals surface area contributed by atoms with Crippen LogP contribution in [0.25, 0.3) is 0 Å². The third-order valence-corrected chi connectivity index (χ3v) is 4.04. The van der Waals surface area contributed by atoms with E-state index in [0.29, 0.717) is 13.1 Å². The number of nitriles is 1. The van der Waals surface area contributed by atoms with Gasteiger partial charge in [0.25, 0.3) is 0 Å². The van der Waals surface area contributed by atoms with Gasteiger partial charge in [0.2, 0.25) is 0 Å². The van der Waals surface area contributed by atoms with Gasteiger partial charge in [0.1, 0.15) is 4.75 Å². The molecule has 0 atom stereocenters. The van der Waals surface area contributed by atoms with Gasteiger partial charge in [-0.3, -0.25) is 0 Å². The summed E-state index contributed by atoms with van der Waals surface area (Å²) in [7, 11) is 0. The van der Waals surface area contributed by atoms with Crippen molar-refractivity contribution in [3.05, 3.63) is 0 Å². The predicted molar refractivity (Wildman–Crippen MR) is 64.3 cm³/mol. The predicted octanol–water partition coefficient (Wildman–Crippen LogP) is 2.25. The van der Waals surface area contributed by atoms with Crippen LogP contribution in [0.15, 0.2) is 0 Å². The van der Waals surface area contributed by atoms with Crippen molar-refractivity contribution in [2.24, 2.45) is 0 Å². The average molecular weight is 242 g/mol. The van der Waals surface area contributed by atoms with Crippen LogP contribution in [-0.4, -0.2) is 41.2 Å². The van der Waals surface area contributed by atoms with Crippen molar-refractivity contribution in [1.82, 2.24) is 4.90 Å². The van der Waals surface area contributed by atoms with E-state index in [1.54, 1.807) is 16.7 Å². The standard InChI is InChI=1S/C11H18N2O2S/c1-9(2)15-10(14)13-6-4-11(8-12,16-3)5-7-13/h9H,4-7H2,1-3H3. The Morgan fingerprint density at radius 1 is 1.50 bits per heavy atom. The second-order valence-electron chi connectivity index (χ2n) is 4.23. The lowest BCUT2D eigenvalue weighted by molar-refractivity contribution is 0.0698. The van der Waals surface area contributed by atoms with Crippen LogP contribution in [0.1, 0.15) is 26.7 Å². The van der Waals surface area contributed by atoms with Crippen molar-refractivity contribution in [3.63, 3.8) is 0 Å². The lowest BCUT2D eigenvalue weighted by Crippen LogP contribution is -2.45.